The van der Waals surface area contributed by atoms with Crippen LogP contribution in [0.3, 0.4) is 0 Å². The fraction of sp³-hybridized carbons (Fsp3) is 0.429. The molecule has 20 heavy (non-hydrogen) atoms. The summed E-state index contributed by atoms with van der Waals surface area (Å²) in [6.07, 6.45) is 0. The molecule has 0 radical (unpaired) electrons. The van der Waals surface area contributed by atoms with E-state index in [4.69, 9.17) is 11.6 Å². The van der Waals surface area contributed by atoms with Crippen molar-refractivity contribution in [2.75, 3.05) is 0 Å². The van der Waals surface area contributed by atoms with Crippen molar-refractivity contribution >= 4 is 35.3 Å². The zero-order valence-electron chi connectivity index (χ0n) is 12.0. The Kier molecular flexibility index (Phi) is 5.89. The lowest BCUT2D eigenvalue weighted by Gasteiger charge is -2.21. The van der Waals surface area contributed by atoms with Crippen LogP contribution in [0, 0.1) is 0 Å². The van der Waals surface area contributed by atoms with Gasteiger partial charge in [-0.1, -0.05) is 23.7 Å². The summed E-state index contributed by atoms with van der Waals surface area (Å²) in [5.41, 5.74) is -0.385. The van der Waals surface area contributed by atoms with Crippen molar-refractivity contribution in [2.45, 2.75) is 43.4 Å². The summed E-state index contributed by atoms with van der Waals surface area (Å²) in [4.78, 5) is 24.3. The standard InChI is InChI=1S/C14H19ClN2O2S/c1-9(20-11-8-6-5-7-10(11)15)12(18)16-13(19)17-14(2,3)4/h5-9H,1-4H3,(H2,16,17,18,19). The maximum absolute atomic E-state index is 11.9. The van der Waals surface area contributed by atoms with E-state index in [2.05, 4.69) is 10.6 Å². The van der Waals surface area contributed by atoms with E-state index in [9.17, 15) is 9.59 Å². The van der Waals surface area contributed by atoms with Gasteiger partial charge in [-0.05, 0) is 39.8 Å². The van der Waals surface area contributed by atoms with Crippen molar-refractivity contribution in [1.82, 2.24) is 10.6 Å². The van der Waals surface area contributed by atoms with Crippen LogP contribution in [-0.4, -0.2) is 22.7 Å². The van der Waals surface area contributed by atoms with Crippen LogP contribution in [-0.2, 0) is 4.79 Å². The van der Waals surface area contributed by atoms with Gasteiger partial charge in [0.05, 0.1) is 10.3 Å². The van der Waals surface area contributed by atoms with Crippen LogP contribution in [0.15, 0.2) is 29.2 Å². The first-order chi connectivity index (χ1) is 9.19. The van der Waals surface area contributed by atoms with Crippen LogP contribution in [0.25, 0.3) is 0 Å². The second kappa shape index (κ2) is 6.99. The predicted octanol–water partition coefficient (Wildman–Crippen LogP) is 3.44. The molecule has 0 fully saturated rings. The van der Waals surface area contributed by atoms with E-state index in [1.54, 1.807) is 13.0 Å². The van der Waals surface area contributed by atoms with Gasteiger partial charge >= 0.3 is 6.03 Å². The Morgan fingerprint density at radius 3 is 2.40 bits per heavy atom. The van der Waals surface area contributed by atoms with Crippen LogP contribution in [0.2, 0.25) is 5.02 Å². The van der Waals surface area contributed by atoms with Gasteiger partial charge in [-0.15, -0.1) is 11.8 Å². The number of carbonyl (C=O) groups is 2. The van der Waals surface area contributed by atoms with Crippen LogP contribution in [0.4, 0.5) is 4.79 Å². The molecule has 0 aliphatic heterocycles. The van der Waals surface area contributed by atoms with E-state index in [1.807, 2.05) is 39.0 Å². The topological polar surface area (TPSA) is 58.2 Å². The summed E-state index contributed by atoms with van der Waals surface area (Å²) in [6, 6.07) is 6.79. The molecule has 0 saturated carbocycles. The summed E-state index contributed by atoms with van der Waals surface area (Å²) in [7, 11) is 0. The molecular weight excluding hydrogens is 296 g/mol. The molecule has 1 atom stereocenters. The van der Waals surface area contributed by atoms with E-state index < -0.39 is 11.3 Å². The number of hydrogen-bond acceptors (Lipinski definition) is 3. The highest BCUT2D eigenvalue weighted by molar-refractivity contribution is 8.00. The molecule has 0 aromatic heterocycles. The molecule has 1 rings (SSSR count). The molecule has 6 heteroatoms. The zero-order chi connectivity index (χ0) is 15.3. The predicted molar refractivity (Wildman–Crippen MR) is 83.2 cm³/mol. The van der Waals surface area contributed by atoms with Gasteiger partial charge in [-0.2, -0.15) is 0 Å². The number of imide groups is 1. The minimum atomic E-state index is -0.492. The smallest absolute Gasteiger partial charge is 0.321 e. The first-order valence-corrected chi connectivity index (χ1v) is 7.49. The number of thioether (sulfide) groups is 1. The third kappa shape index (κ3) is 5.84. The Morgan fingerprint density at radius 2 is 1.85 bits per heavy atom. The van der Waals surface area contributed by atoms with E-state index in [1.165, 1.54) is 11.8 Å². The normalized spacial score (nSPS) is 12.7. The average molecular weight is 315 g/mol. The first kappa shape index (κ1) is 16.9. The molecule has 0 bridgehead atoms. The number of rotatable bonds is 3. The zero-order valence-corrected chi connectivity index (χ0v) is 13.6. The molecule has 0 spiro atoms. The van der Waals surface area contributed by atoms with Crippen molar-refractivity contribution in [3.05, 3.63) is 29.3 Å². The van der Waals surface area contributed by atoms with Crippen LogP contribution < -0.4 is 10.6 Å². The molecular formula is C14H19ClN2O2S. The molecule has 0 saturated heterocycles. The van der Waals surface area contributed by atoms with Gasteiger partial charge < -0.3 is 5.32 Å². The highest BCUT2D eigenvalue weighted by atomic mass is 35.5. The Bertz CT molecular complexity index is 500. The second-order valence-corrected chi connectivity index (χ2v) is 7.17. The van der Waals surface area contributed by atoms with Gasteiger partial charge in [-0.3, -0.25) is 10.1 Å². The largest absolute Gasteiger partial charge is 0.333 e. The maximum Gasteiger partial charge on any atom is 0.321 e. The summed E-state index contributed by atoms with van der Waals surface area (Å²) < 4.78 is 0. The lowest BCUT2D eigenvalue weighted by molar-refractivity contribution is -0.119. The number of urea groups is 1. The fourth-order valence-electron chi connectivity index (χ4n) is 1.37. The van der Waals surface area contributed by atoms with Crippen LogP contribution >= 0.6 is 23.4 Å². The Morgan fingerprint density at radius 1 is 1.25 bits per heavy atom. The third-order valence-corrected chi connectivity index (χ3v) is 3.85. The average Bonchev–Trinajstić information content (AvgIpc) is 2.29. The van der Waals surface area contributed by atoms with Gasteiger partial charge in [-0.25, -0.2) is 4.79 Å². The Labute approximate surface area is 128 Å². The number of benzene rings is 1. The number of amides is 3. The Hall–Kier alpha value is -1.20. The van der Waals surface area contributed by atoms with Crippen molar-refractivity contribution in [3.8, 4) is 0 Å². The molecule has 1 aromatic rings. The Balaban J connectivity index is 2.56. The quantitative estimate of drug-likeness (QED) is 0.840. The third-order valence-electron chi connectivity index (χ3n) is 2.23. The number of carbonyl (C=O) groups excluding carboxylic acids is 2. The highest BCUT2D eigenvalue weighted by Crippen LogP contribution is 2.29. The van der Waals surface area contributed by atoms with Gasteiger partial charge in [0.15, 0.2) is 0 Å². The number of hydrogen-bond donors (Lipinski definition) is 2. The van der Waals surface area contributed by atoms with Gasteiger partial charge in [0.1, 0.15) is 0 Å². The molecule has 1 aromatic carbocycles. The number of nitrogens with one attached hydrogen (secondary N) is 2. The van der Waals surface area contributed by atoms with Crippen molar-refractivity contribution in [1.29, 1.82) is 0 Å². The first-order valence-electron chi connectivity index (χ1n) is 6.23. The monoisotopic (exact) mass is 314 g/mol. The molecule has 1 unspecified atom stereocenters. The molecule has 4 nitrogen and oxygen atoms in total. The number of halogens is 1. The van der Waals surface area contributed by atoms with Crippen molar-refractivity contribution in [3.63, 3.8) is 0 Å². The lowest BCUT2D eigenvalue weighted by Crippen LogP contribution is -2.49. The minimum absolute atomic E-state index is 0.350. The fourth-order valence-corrected chi connectivity index (χ4v) is 2.52. The molecule has 0 heterocycles. The minimum Gasteiger partial charge on any atom is -0.333 e. The van der Waals surface area contributed by atoms with E-state index >= 15 is 0 Å². The van der Waals surface area contributed by atoms with Crippen LogP contribution in [0.5, 0.6) is 0 Å². The van der Waals surface area contributed by atoms with Crippen molar-refractivity contribution in [2.24, 2.45) is 0 Å². The molecule has 2 N–H and O–H groups in total. The SMILES string of the molecule is CC(Sc1ccccc1Cl)C(=O)NC(=O)NC(C)(C)C. The summed E-state index contributed by atoms with van der Waals surface area (Å²) in [5.74, 6) is -0.350. The van der Waals surface area contributed by atoms with E-state index in [0.717, 1.165) is 4.90 Å². The molecule has 0 aliphatic rings. The van der Waals surface area contributed by atoms with Gasteiger partial charge in [0, 0.05) is 10.4 Å². The van der Waals surface area contributed by atoms with Crippen molar-refractivity contribution < 1.29 is 9.59 Å². The second-order valence-electron chi connectivity index (χ2n) is 5.38. The van der Waals surface area contributed by atoms with Gasteiger partial charge in [0.2, 0.25) is 5.91 Å². The van der Waals surface area contributed by atoms with Crippen LogP contribution in [0.1, 0.15) is 27.7 Å². The van der Waals surface area contributed by atoms with E-state index in [-0.39, 0.29) is 11.4 Å². The molecule has 0 aliphatic carbocycles. The maximum atomic E-state index is 11.9. The van der Waals surface area contributed by atoms with Gasteiger partial charge in [0.25, 0.3) is 0 Å². The highest BCUT2D eigenvalue weighted by Gasteiger charge is 2.20. The summed E-state index contributed by atoms with van der Waals surface area (Å²) >= 11 is 7.35. The summed E-state index contributed by atoms with van der Waals surface area (Å²) in [6.45, 7) is 7.27. The van der Waals surface area contributed by atoms with E-state index in [0.29, 0.717) is 5.02 Å². The summed E-state index contributed by atoms with van der Waals surface area (Å²) in [5, 5.41) is 5.17. The lowest BCUT2D eigenvalue weighted by atomic mass is 10.1. The molecule has 110 valence electrons. The molecule has 3 amide bonds.